The van der Waals surface area contributed by atoms with Gasteiger partial charge in [0.15, 0.2) is 0 Å². The quantitative estimate of drug-likeness (QED) is 0.227. The van der Waals surface area contributed by atoms with Crippen LogP contribution in [-0.2, 0) is 15.6 Å². The van der Waals surface area contributed by atoms with Gasteiger partial charge in [-0.15, -0.1) is 0 Å². The maximum absolute atomic E-state index is 13.7. The van der Waals surface area contributed by atoms with Crippen molar-refractivity contribution in [1.82, 2.24) is 9.80 Å². The minimum atomic E-state index is -4.22. The zero-order valence-electron chi connectivity index (χ0n) is 30.3. The molecule has 2 amide bonds. The predicted molar refractivity (Wildman–Crippen MR) is 198 cm³/mol. The number of alkyl halides is 3. The van der Waals surface area contributed by atoms with Crippen molar-refractivity contribution in [3.8, 4) is 11.1 Å². The lowest BCUT2D eigenvalue weighted by molar-refractivity contribution is -0.183. The van der Waals surface area contributed by atoms with Gasteiger partial charge in [-0.2, -0.15) is 13.2 Å². The molecule has 5 rings (SSSR count). The molecule has 1 atom stereocenters. The Hall–Kier alpha value is -2.07. The Morgan fingerprint density at radius 1 is 0.820 bits per heavy atom. The SMILES string of the molecule is CC(C)[Si](OC1CCC(N2CCC(Cc3c(Cl)cc(-c4ccc(C(=O)N5CCC(C(F)(F)F)CC5)cc4)cc3Cl)C2=O)CC1)(C(C)C)C(C)C. The van der Waals surface area contributed by atoms with Crippen LogP contribution in [0.1, 0.15) is 102 Å². The summed E-state index contributed by atoms with van der Waals surface area (Å²) in [7, 11) is -1.94. The minimum absolute atomic E-state index is 0.0744. The summed E-state index contributed by atoms with van der Waals surface area (Å²) in [5.74, 6) is -1.61. The number of carbonyl (C=O) groups excluding carboxylic acids is 2. The Morgan fingerprint density at radius 3 is 1.86 bits per heavy atom. The molecule has 0 N–H and O–H groups in total. The number of amides is 2. The minimum Gasteiger partial charge on any atom is -0.413 e. The second-order valence-electron chi connectivity index (χ2n) is 15.7. The molecule has 0 bridgehead atoms. The van der Waals surface area contributed by atoms with Gasteiger partial charge in [0.25, 0.3) is 5.91 Å². The van der Waals surface area contributed by atoms with Crippen LogP contribution < -0.4 is 0 Å². The van der Waals surface area contributed by atoms with Gasteiger partial charge < -0.3 is 14.2 Å². The lowest BCUT2D eigenvalue weighted by Crippen LogP contribution is -2.51. The van der Waals surface area contributed by atoms with E-state index in [0.717, 1.165) is 55.3 Å². The van der Waals surface area contributed by atoms with E-state index >= 15 is 0 Å². The first-order valence-electron chi connectivity index (χ1n) is 18.5. The van der Waals surface area contributed by atoms with Gasteiger partial charge in [-0.1, -0.05) is 76.9 Å². The first kappa shape index (κ1) is 39.1. The third kappa shape index (κ3) is 8.26. The van der Waals surface area contributed by atoms with E-state index in [1.54, 1.807) is 24.3 Å². The number of piperidine rings is 1. The molecule has 0 radical (unpaired) electrons. The van der Waals surface area contributed by atoms with E-state index in [0.29, 0.717) is 38.7 Å². The molecule has 3 fully saturated rings. The molecule has 2 saturated heterocycles. The van der Waals surface area contributed by atoms with Crippen molar-refractivity contribution in [1.29, 1.82) is 0 Å². The summed E-state index contributed by atoms with van der Waals surface area (Å²) in [6.45, 7) is 14.9. The van der Waals surface area contributed by atoms with Gasteiger partial charge in [-0.25, -0.2) is 0 Å². The van der Waals surface area contributed by atoms with Gasteiger partial charge in [0.2, 0.25) is 14.2 Å². The highest BCUT2D eigenvalue weighted by atomic mass is 35.5. The summed E-state index contributed by atoms with van der Waals surface area (Å²) < 4.78 is 46.2. The molecule has 2 heterocycles. The largest absolute Gasteiger partial charge is 0.413 e. The third-order valence-corrected chi connectivity index (χ3v) is 18.6. The second-order valence-corrected chi connectivity index (χ2v) is 21.9. The van der Waals surface area contributed by atoms with Crippen LogP contribution in [0.25, 0.3) is 11.1 Å². The molecule has 2 aromatic carbocycles. The standard InChI is InChI=1S/C39H53Cl2F3N2O3Si/c1-24(2)50(25(3)4,26(5)6)49-33-13-11-32(12-14-33)46-20-15-29(38(46)48)21-34-35(40)22-30(23-36(34)41)27-7-9-28(10-8-27)37(47)45-18-16-31(17-19-45)39(42,43)44/h7-10,22-26,29,31-33H,11-21H2,1-6H3. The van der Waals surface area contributed by atoms with Gasteiger partial charge >= 0.3 is 6.18 Å². The van der Waals surface area contributed by atoms with Gasteiger partial charge in [0.1, 0.15) is 0 Å². The molecule has 1 aliphatic carbocycles. The molecule has 0 spiro atoms. The highest BCUT2D eigenvalue weighted by Crippen LogP contribution is 2.45. The number of likely N-dealkylation sites (tertiary alicyclic amines) is 2. The van der Waals surface area contributed by atoms with Crippen molar-refractivity contribution in [3.05, 3.63) is 57.6 Å². The van der Waals surface area contributed by atoms with E-state index in [9.17, 15) is 22.8 Å². The lowest BCUT2D eigenvalue weighted by atomic mass is 9.92. The summed E-state index contributed by atoms with van der Waals surface area (Å²) in [6, 6.07) is 10.9. The molecule has 2 aromatic rings. The van der Waals surface area contributed by atoms with Crippen molar-refractivity contribution in [3.63, 3.8) is 0 Å². The molecular formula is C39H53Cl2F3N2O3Si. The highest BCUT2D eigenvalue weighted by molar-refractivity contribution is 6.77. The monoisotopic (exact) mass is 752 g/mol. The first-order valence-corrected chi connectivity index (χ1v) is 21.3. The van der Waals surface area contributed by atoms with E-state index < -0.39 is 20.4 Å². The first-order chi connectivity index (χ1) is 23.5. The Morgan fingerprint density at radius 2 is 1.36 bits per heavy atom. The summed E-state index contributed by atoms with van der Waals surface area (Å²) >= 11 is 13.6. The van der Waals surface area contributed by atoms with Crippen LogP contribution in [0.5, 0.6) is 0 Å². The van der Waals surface area contributed by atoms with Crippen LogP contribution in [0.15, 0.2) is 36.4 Å². The van der Waals surface area contributed by atoms with Crippen molar-refractivity contribution in [2.75, 3.05) is 19.6 Å². The fourth-order valence-electron chi connectivity index (χ4n) is 9.10. The molecule has 11 heteroatoms. The van der Waals surface area contributed by atoms with Crippen LogP contribution in [0, 0.1) is 11.8 Å². The average molecular weight is 754 g/mol. The number of halogens is 5. The molecule has 0 aromatic heterocycles. The Labute approximate surface area is 307 Å². The summed E-state index contributed by atoms with van der Waals surface area (Å²) in [6.07, 6.45) is 1.09. The summed E-state index contributed by atoms with van der Waals surface area (Å²) in [5.41, 5.74) is 4.45. The van der Waals surface area contributed by atoms with Gasteiger partial charge in [-0.05, 0) is 109 Å². The number of benzene rings is 2. The van der Waals surface area contributed by atoms with Crippen molar-refractivity contribution in [2.24, 2.45) is 11.8 Å². The molecule has 276 valence electrons. The van der Waals surface area contributed by atoms with E-state index in [1.807, 2.05) is 12.1 Å². The van der Waals surface area contributed by atoms with Crippen molar-refractivity contribution >= 4 is 43.3 Å². The van der Waals surface area contributed by atoms with Gasteiger partial charge in [-0.3, -0.25) is 9.59 Å². The number of nitrogens with zero attached hydrogens (tertiary/aromatic N) is 2. The van der Waals surface area contributed by atoms with E-state index in [-0.39, 0.29) is 55.8 Å². The molecule has 50 heavy (non-hydrogen) atoms. The normalized spacial score (nSPS) is 22.8. The Bertz CT molecular complexity index is 1460. The zero-order valence-corrected chi connectivity index (χ0v) is 32.8. The topological polar surface area (TPSA) is 49.9 Å². The third-order valence-electron chi connectivity index (χ3n) is 11.8. The van der Waals surface area contributed by atoms with Gasteiger partial charge in [0, 0.05) is 53.3 Å². The highest BCUT2D eigenvalue weighted by Gasteiger charge is 2.48. The van der Waals surface area contributed by atoms with E-state index in [1.165, 1.54) is 4.90 Å². The van der Waals surface area contributed by atoms with Crippen LogP contribution in [-0.4, -0.2) is 67.9 Å². The Kier molecular flexibility index (Phi) is 12.4. The maximum Gasteiger partial charge on any atom is 0.391 e. The number of hydrogen-bond donors (Lipinski definition) is 0. The number of rotatable bonds is 10. The lowest BCUT2D eigenvalue weighted by Gasteiger charge is -2.46. The summed E-state index contributed by atoms with van der Waals surface area (Å²) in [4.78, 5) is 30.2. The summed E-state index contributed by atoms with van der Waals surface area (Å²) in [5, 5.41) is 0.995. The number of carbonyl (C=O) groups is 2. The van der Waals surface area contributed by atoms with Crippen LogP contribution >= 0.6 is 23.2 Å². The average Bonchev–Trinajstić information content (AvgIpc) is 3.43. The molecule has 3 aliphatic rings. The fraction of sp³-hybridized carbons (Fsp3) is 0.641. The van der Waals surface area contributed by atoms with Gasteiger partial charge in [0.05, 0.1) is 5.92 Å². The van der Waals surface area contributed by atoms with Crippen molar-refractivity contribution in [2.45, 2.75) is 128 Å². The predicted octanol–water partition coefficient (Wildman–Crippen LogP) is 11.0. The van der Waals surface area contributed by atoms with Crippen molar-refractivity contribution < 1.29 is 27.2 Å². The molecule has 2 aliphatic heterocycles. The van der Waals surface area contributed by atoms with Crippen LogP contribution in [0.3, 0.4) is 0 Å². The van der Waals surface area contributed by atoms with E-state index in [2.05, 4.69) is 46.4 Å². The smallest absolute Gasteiger partial charge is 0.391 e. The van der Waals surface area contributed by atoms with E-state index in [4.69, 9.17) is 27.6 Å². The zero-order chi connectivity index (χ0) is 36.5. The molecule has 1 unspecified atom stereocenters. The maximum atomic E-state index is 13.7. The number of hydrogen-bond acceptors (Lipinski definition) is 3. The second kappa shape index (κ2) is 15.9. The molecule has 5 nitrogen and oxygen atoms in total. The molecular weight excluding hydrogens is 700 g/mol. The van der Waals surface area contributed by atoms with Crippen LogP contribution in [0.2, 0.25) is 26.7 Å². The van der Waals surface area contributed by atoms with Crippen LogP contribution in [0.4, 0.5) is 13.2 Å². The Balaban J connectivity index is 1.17. The fourth-order valence-corrected chi connectivity index (χ4v) is 15.4. The molecule has 1 saturated carbocycles.